The Morgan fingerprint density at radius 3 is 2.18 bits per heavy atom. The fourth-order valence-electron chi connectivity index (χ4n) is 5.27. The Labute approximate surface area is 126 Å². The largest absolute Gasteiger partial charge is 0.480 e. The second-order valence-corrected chi connectivity index (χ2v) is 7.55. The molecule has 1 amide bonds. The molecule has 7 heteroatoms. The molecule has 0 radical (unpaired) electrons. The van der Waals surface area contributed by atoms with Crippen LogP contribution in [0, 0.1) is 22.7 Å². The van der Waals surface area contributed by atoms with Crippen LogP contribution >= 0.6 is 0 Å². The van der Waals surface area contributed by atoms with E-state index in [2.05, 4.69) is 5.32 Å². The Bertz CT molecular complexity index is 503. The van der Waals surface area contributed by atoms with Crippen LogP contribution in [0.1, 0.15) is 45.4 Å². The van der Waals surface area contributed by atoms with E-state index in [1.807, 2.05) is 0 Å². The summed E-state index contributed by atoms with van der Waals surface area (Å²) in [6.07, 6.45) is -2.56. The summed E-state index contributed by atoms with van der Waals surface area (Å²) in [7, 11) is 0. The summed E-state index contributed by atoms with van der Waals surface area (Å²) in [4.78, 5) is 23.4. The number of carbonyl (C=O) groups excluding carboxylic acids is 1. The molecule has 4 bridgehead atoms. The molecule has 4 saturated carbocycles. The van der Waals surface area contributed by atoms with E-state index in [1.165, 1.54) is 6.92 Å². The van der Waals surface area contributed by atoms with Crippen LogP contribution in [0.25, 0.3) is 0 Å². The molecular weight excluding hydrogens is 299 g/mol. The summed E-state index contributed by atoms with van der Waals surface area (Å²) in [5.41, 5.74) is -2.79. The fourth-order valence-corrected chi connectivity index (χ4v) is 5.27. The van der Waals surface area contributed by atoms with Crippen LogP contribution in [0.3, 0.4) is 0 Å². The van der Waals surface area contributed by atoms with Crippen LogP contribution in [0.4, 0.5) is 13.2 Å². The minimum Gasteiger partial charge on any atom is -0.480 e. The van der Waals surface area contributed by atoms with E-state index in [0.717, 1.165) is 6.42 Å². The fraction of sp³-hybridized carbons (Fsp3) is 0.867. The van der Waals surface area contributed by atoms with Crippen molar-refractivity contribution in [2.24, 2.45) is 22.7 Å². The predicted octanol–water partition coefficient (Wildman–Crippen LogP) is 2.72. The van der Waals surface area contributed by atoms with Crippen molar-refractivity contribution < 1.29 is 27.9 Å². The highest BCUT2D eigenvalue weighted by Gasteiger charge is 2.68. The molecule has 2 N–H and O–H groups in total. The van der Waals surface area contributed by atoms with Crippen LogP contribution in [0.5, 0.6) is 0 Å². The maximum atomic E-state index is 13.6. The molecule has 4 aliphatic carbocycles. The Kier molecular flexibility index (Phi) is 3.28. The number of hydrogen-bond acceptors (Lipinski definition) is 2. The molecule has 22 heavy (non-hydrogen) atoms. The zero-order valence-corrected chi connectivity index (χ0v) is 12.4. The molecule has 4 nitrogen and oxygen atoms in total. The van der Waals surface area contributed by atoms with E-state index >= 15 is 0 Å². The maximum Gasteiger partial charge on any atom is 0.394 e. The van der Waals surface area contributed by atoms with Crippen molar-refractivity contribution in [3.63, 3.8) is 0 Å². The first kappa shape index (κ1) is 15.6. The Balaban J connectivity index is 1.88. The molecule has 3 atom stereocenters. The van der Waals surface area contributed by atoms with Gasteiger partial charge in [0.2, 0.25) is 5.91 Å². The molecule has 4 rings (SSSR count). The van der Waals surface area contributed by atoms with Crippen LogP contribution < -0.4 is 5.32 Å². The monoisotopic (exact) mass is 319 g/mol. The van der Waals surface area contributed by atoms with Gasteiger partial charge in [-0.3, -0.25) is 9.59 Å². The van der Waals surface area contributed by atoms with Crippen LogP contribution in [-0.4, -0.2) is 29.2 Å². The number of carboxylic acids is 1. The Morgan fingerprint density at radius 2 is 1.73 bits per heavy atom. The Morgan fingerprint density at radius 1 is 1.18 bits per heavy atom. The average molecular weight is 319 g/mol. The summed E-state index contributed by atoms with van der Waals surface area (Å²) >= 11 is 0. The highest BCUT2D eigenvalue weighted by Crippen LogP contribution is 2.69. The number of halogens is 3. The van der Waals surface area contributed by atoms with E-state index in [0.29, 0.717) is 12.8 Å². The lowest BCUT2D eigenvalue weighted by Gasteiger charge is -2.61. The van der Waals surface area contributed by atoms with Crippen LogP contribution in [-0.2, 0) is 9.59 Å². The molecule has 0 aliphatic heterocycles. The van der Waals surface area contributed by atoms with Gasteiger partial charge in [0.15, 0.2) is 0 Å². The molecule has 3 unspecified atom stereocenters. The molecule has 0 heterocycles. The van der Waals surface area contributed by atoms with Crippen molar-refractivity contribution in [3.05, 3.63) is 0 Å². The van der Waals surface area contributed by atoms with E-state index in [9.17, 15) is 22.8 Å². The van der Waals surface area contributed by atoms with E-state index in [4.69, 9.17) is 5.11 Å². The standard InChI is InChI=1S/C15H20F3NO3/c1-8(11(20)21)19-12(22)13-3-9-2-10(4-13)6-14(5-9,7-13)15(16,17)18/h8-10H,2-7H2,1H3,(H,19,22)(H,20,21). The molecule has 0 saturated heterocycles. The molecule has 4 fully saturated rings. The highest BCUT2D eigenvalue weighted by atomic mass is 19.4. The van der Waals surface area contributed by atoms with Crippen molar-refractivity contribution >= 4 is 11.9 Å². The number of carboxylic acid groups (broad SMARTS) is 1. The third-order valence-corrected chi connectivity index (χ3v) is 5.86. The maximum absolute atomic E-state index is 13.6. The first-order valence-electron chi connectivity index (χ1n) is 7.67. The van der Waals surface area contributed by atoms with Crippen molar-refractivity contribution in [1.82, 2.24) is 5.32 Å². The lowest BCUT2D eigenvalue weighted by Crippen LogP contribution is -2.62. The van der Waals surface area contributed by atoms with Gasteiger partial charge in [-0.05, 0) is 57.3 Å². The Hall–Kier alpha value is -1.27. The minimum atomic E-state index is -4.30. The van der Waals surface area contributed by atoms with Gasteiger partial charge in [0.05, 0.1) is 10.8 Å². The molecular formula is C15H20F3NO3. The molecule has 0 aromatic carbocycles. The van der Waals surface area contributed by atoms with E-state index in [1.54, 1.807) is 0 Å². The first-order chi connectivity index (χ1) is 10.1. The summed E-state index contributed by atoms with van der Waals surface area (Å²) < 4.78 is 40.8. The van der Waals surface area contributed by atoms with Crippen molar-refractivity contribution in [3.8, 4) is 0 Å². The van der Waals surface area contributed by atoms with Crippen molar-refractivity contribution in [2.45, 2.75) is 57.7 Å². The third-order valence-electron chi connectivity index (χ3n) is 5.86. The number of nitrogens with one attached hydrogen (secondary N) is 1. The molecule has 4 aliphatic rings. The van der Waals surface area contributed by atoms with Gasteiger partial charge in [-0.1, -0.05) is 0 Å². The number of amides is 1. The van der Waals surface area contributed by atoms with Gasteiger partial charge in [-0.15, -0.1) is 0 Å². The topological polar surface area (TPSA) is 66.4 Å². The van der Waals surface area contributed by atoms with Gasteiger partial charge >= 0.3 is 12.1 Å². The second-order valence-electron chi connectivity index (χ2n) is 7.55. The summed E-state index contributed by atoms with van der Waals surface area (Å²) in [5.74, 6) is -1.84. The predicted molar refractivity (Wildman–Crippen MR) is 70.8 cm³/mol. The molecule has 124 valence electrons. The normalized spacial score (nSPS) is 41.3. The quantitative estimate of drug-likeness (QED) is 0.840. The number of alkyl halides is 3. The number of hydrogen-bond donors (Lipinski definition) is 2. The molecule has 0 spiro atoms. The third kappa shape index (κ3) is 2.20. The minimum absolute atomic E-state index is 0.0752. The van der Waals surface area contributed by atoms with Gasteiger partial charge in [-0.25, -0.2) is 0 Å². The van der Waals surface area contributed by atoms with Gasteiger partial charge in [0.25, 0.3) is 0 Å². The number of carbonyl (C=O) groups is 2. The molecule has 0 aromatic heterocycles. The molecule has 0 aromatic rings. The second kappa shape index (κ2) is 4.61. The highest BCUT2D eigenvalue weighted by molar-refractivity contribution is 5.87. The van der Waals surface area contributed by atoms with Gasteiger partial charge in [0, 0.05) is 0 Å². The lowest BCUT2D eigenvalue weighted by molar-refractivity contribution is -0.283. The first-order valence-corrected chi connectivity index (χ1v) is 7.67. The van der Waals surface area contributed by atoms with Crippen molar-refractivity contribution in [2.75, 3.05) is 0 Å². The summed E-state index contributed by atoms with van der Waals surface area (Å²) in [6, 6.07) is -1.08. The number of rotatable bonds is 3. The van der Waals surface area contributed by atoms with Crippen LogP contribution in [0.15, 0.2) is 0 Å². The van der Waals surface area contributed by atoms with E-state index < -0.39 is 34.9 Å². The smallest absolute Gasteiger partial charge is 0.394 e. The zero-order valence-electron chi connectivity index (χ0n) is 12.4. The summed E-state index contributed by atoms with van der Waals surface area (Å²) in [5, 5.41) is 11.3. The zero-order chi connectivity index (χ0) is 16.3. The van der Waals surface area contributed by atoms with Gasteiger partial charge < -0.3 is 10.4 Å². The summed E-state index contributed by atoms with van der Waals surface area (Å²) in [6.45, 7) is 1.33. The SMILES string of the molecule is CC(NC(=O)C12CC3CC(C1)CC(C(F)(F)F)(C3)C2)C(=O)O. The van der Waals surface area contributed by atoms with Crippen molar-refractivity contribution in [1.29, 1.82) is 0 Å². The van der Waals surface area contributed by atoms with Crippen LogP contribution in [0.2, 0.25) is 0 Å². The lowest BCUT2D eigenvalue weighted by atomic mass is 9.43. The number of aliphatic carboxylic acids is 1. The average Bonchev–Trinajstić information content (AvgIpc) is 2.35. The van der Waals surface area contributed by atoms with E-state index in [-0.39, 0.29) is 31.1 Å². The van der Waals surface area contributed by atoms with Gasteiger partial charge in [0.1, 0.15) is 6.04 Å². The van der Waals surface area contributed by atoms with Gasteiger partial charge in [-0.2, -0.15) is 13.2 Å².